The van der Waals surface area contributed by atoms with Gasteiger partial charge in [0, 0.05) is 17.1 Å². The van der Waals surface area contributed by atoms with Gasteiger partial charge in [-0.15, -0.1) is 0 Å². The first kappa shape index (κ1) is 22.8. The molecular weight excluding hydrogens is 432 g/mol. The van der Waals surface area contributed by atoms with Gasteiger partial charge in [-0.05, 0) is 47.7 Å². The molecule has 3 aromatic carbocycles. The van der Waals surface area contributed by atoms with Gasteiger partial charge in [-0.2, -0.15) is 5.26 Å². The van der Waals surface area contributed by atoms with E-state index in [0.29, 0.717) is 23.6 Å². The van der Waals surface area contributed by atoms with Crippen molar-refractivity contribution in [2.45, 2.75) is 31.8 Å². The molecule has 0 aromatic heterocycles. The molecule has 5 heteroatoms. The first-order valence-corrected chi connectivity index (χ1v) is 11.5. The number of nitriles is 1. The molecular formula is C28H25ClN2O2. The van der Waals surface area contributed by atoms with Crippen molar-refractivity contribution in [2.24, 2.45) is 0 Å². The summed E-state index contributed by atoms with van der Waals surface area (Å²) in [6.45, 7) is 1.35. The van der Waals surface area contributed by atoms with Crippen molar-refractivity contribution in [1.82, 2.24) is 4.90 Å². The third-order valence-electron chi connectivity index (χ3n) is 6.08. The summed E-state index contributed by atoms with van der Waals surface area (Å²) in [5.41, 5.74) is 5.20. The van der Waals surface area contributed by atoms with E-state index in [1.165, 1.54) is 0 Å². The van der Waals surface area contributed by atoms with E-state index in [2.05, 4.69) is 6.07 Å². The lowest BCUT2D eigenvalue weighted by atomic mass is 9.95. The fourth-order valence-corrected chi connectivity index (χ4v) is 4.64. The second-order valence-corrected chi connectivity index (χ2v) is 8.66. The maximum atomic E-state index is 11.6. The van der Waals surface area contributed by atoms with Crippen molar-refractivity contribution in [3.8, 4) is 17.2 Å². The van der Waals surface area contributed by atoms with Gasteiger partial charge < -0.3 is 5.11 Å². The molecule has 1 N–H and O–H groups in total. The van der Waals surface area contributed by atoms with Gasteiger partial charge in [0.05, 0.1) is 5.56 Å². The first-order chi connectivity index (χ1) is 16.1. The summed E-state index contributed by atoms with van der Waals surface area (Å²) >= 11 is 6.56. The molecule has 33 heavy (non-hydrogen) atoms. The van der Waals surface area contributed by atoms with Crippen LogP contribution in [0.25, 0.3) is 23.3 Å². The highest BCUT2D eigenvalue weighted by molar-refractivity contribution is 6.32. The maximum absolute atomic E-state index is 11.6. The van der Waals surface area contributed by atoms with Gasteiger partial charge in [0.15, 0.2) is 0 Å². The van der Waals surface area contributed by atoms with Crippen molar-refractivity contribution < 1.29 is 9.90 Å². The van der Waals surface area contributed by atoms with Gasteiger partial charge in [0.1, 0.15) is 12.1 Å². The molecule has 1 aliphatic heterocycles. The number of carboxylic acid groups (broad SMARTS) is 1. The third kappa shape index (κ3) is 5.34. The Morgan fingerprint density at radius 1 is 1.06 bits per heavy atom. The quantitative estimate of drug-likeness (QED) is 0.430. The van der Waals surface area contributed by atoms with Crippen LogP contribution in [0, 0.1) is 11.3 Å². The molecule has 0 radical (unpaired) electrons. The van der Waals surface area contributed by atoms with E-state index in [1.807, 2.05) is 83.8 Å². The highest BCUT2D eigenvalue weighted by Gasteiger charge is 2.28. The van der Waals surface area contributed by atoms with Crippen molar-refractivity contribution in [3.63, 3.8) is 0 Å². The highest BCUT2D eigenvalue weighted by Crippen LogP contribution is 2.28. The second kappa shape index (κ2) is 10.5. The number of rotatable bonds is 6. The van der Waals surface area contributed by atoms with Crippen LogP contribution in [0.15, 0.2) is 66.7 Å². The van der Waals surface area contributed by atoms with E-state index in [1.54, 1.807) is 0 Å². The average molecular weight is 457 g/mol. The van der Waals surface area contributed by atoms with Crippen LogP contribution in [-0.4, -0.2) is 28.6 Å². The Labute approximate surface area is 199 Å². The minimum Gasteiger partial charge on any atom is -0.480 e. The van der Waals surface area contributed by atoms with Crippen LogP contribution in [0.5, 0.6) is 0 Å². The number of aliphatic carboxylic acids is 1. The largest absolute Gasteiger partial charge is 0.480 e. The molecule has 0 spiro atoms. The molecule has 4 rings (SSSR count). The summed E-state index contributed by atoms with van der Waals surface area (Å²) in [7, 11) is 0. The minimum atomic E-state index is -0.758. The van der Waals surface area contributed by atoms with E-state index >= 15 is 0 Å². The highest BCUT2D eigenvalue weighted by atomic mass is 35.5. The molecule has 3 aromatic rings. The smallest absolute Gasteiger partial charge is 0.320 e. The number of carbonyl (C=O) groups is 1. The number of benzene rings is 3. The molecule has 0 unspecified atom stereocenters. The molecule has 1 aliphatic rings. The maximum Gasteiger partial charge on any atom is 0.320 e. The third-order valence-corrected chi connectivity index (χ3v) is 6.41. The van der Waals surface area contributed by atoms with Crippen molar-refractivity contribution in [3.05, 3.63) is 94.0 Å². The normalized spacial score (nSPS) is 16.5. The Kier molecular flexibility index (Phi) is 7.24. The first-order valence-electron chi connectivity index (χ1n) is 11.1. The van der Waals surface area contributed by atoms with Gasteiger partial charge >= 0.3 is 5.97 Å². The number of likely N-dealkylation sites (tertiary alicyclic amines) is 1. The van der Waals surface area contributed by atoms with Crippen molar-refractivity contribution in [1.29, 1.82) is 5.26 Å². The molecule has 1 heterocycles. The van der Waals surface area contributed by atoms with E-state index in [9.17, 15) is 15.2 Å². The van der Waals surface area contributed by atoms with Crippen molar-refractivity contribution >= 4 is 29.7 Å². The van der Waals surface area contributed by atoms with Crippen molar-refractivity contribution in [2.75, 3.05) is 6.54 Å². The molecule has 0 aliphatic carbocycles. The van der Waals surface area contributed by atoms with Crippen LogP contribution in [0.1, 0.15) is 41.5 Å². The van der Waals surface area contributed by atoms with Crippen LogP contribution < -0.4 is 0 Å². The summed E-state index contributed by atoms with van der Waals surface area (Å²) in [4.78, 5) is 13.6. The lowest BCUT2D eigenvalue weighted by Gasteiger charge is -2.32. The van der Waals surface area contributed by atoms with E-state index in [-0.39, 0.29) is 0 Å². The van der Waals surface area contributed by atoms with Crippen LogP contribution in [0.3, 0.4) is 0 Å². The molecule has 0 saturated carbocycles. The summed E-state index contributed by atoms with van der Waals surface area (Å²) < 4.78 is 0. The Morgan fingerprint density at radius 2 is 1.85 bits per heavy atom. The van der Waals surface area contributed by atoms with Crippen LogP contribution in [0.4, 0.5) is 0 Å². The van der Waals surface area contributed by atoms with Gasteiger partial charge in [-0.1, -0.05) is 90.8 Å². The standard InChI is InChI=1S/C28H25ClN2O2/c29-26-17-20(19-31-16-5-4-11-27(31)28(32)33)12-13-23(26)15-14-22-9-6-10-24(25(22)18-30)21-7-2-1-3-8-21/h1-3,6-10,12-15,17,27H,4-5,11,16,19H2,(H,32,33)/b15-14+/t27-/m0/s1. The summed E-state index contributed by atoms with van der Waals surface area (Å²) in [6, 6.07) is 23.5. The Bertz CT molecular complexity index is 1210. The van der Waals surface area contributed by atoms with Crippen LogP contribution in [0.2, 0.25) is 5.02 Å². The molecule has 0 amide bonds. The SMILES string of the molecule is N#Cc1c(/C=C/c2ccc(CN3CCCC[C@H]3C(=O)O)cc2Cl)cccc1-c1ccccc1. The average Bonchev–Trinajstić information content (AvgIpc) is 2.84. The molecule has 1 fully saturated rings. The van der Waals surface area contributed by atoms with Crippen LogP contribution in [-0.2, 0) is 11.3 Å². The monoisotopic (exact) mass is 456 g/mol. The molecule has 1 saturated heterocycles. The lowest BCUT2D eigenvalue weighted by molar-refractivity contribution is -0.144. The minimum absolute atomic E-state index is 0.432. The van der Waals surface area contributed by atoms with Crippen LogP contribution >= 0.6 is 11.6 Å². The number of hydrogen-bond acceptors (Lipinski definition) is 3. The Morgan fingerprint density at radius 3 is 2.58 bits per heavy atom. The number of carboxylic acids is 1. The summed E-state index contributed by atoms with van der Waals surface area (Å²) in [6.07, 6.45) is 6.48. The molecule has 1 atom stereocenters. The van der Waals surface area contributed by atoms with E-state index in [4.69, 9.17) is 11.6 Å². The zero-order valence-corrected chi connectivity index (χ0v) is 19.0. The molecule has 0 bridgehead atoms. The topological polar surface area (TPSA) is 64.3 Å². The van der Waals surface area contributed by atoms with E-state index < -0.39 is 12.0 Å². The van der Waals surface area contributed by atoms with Gasteiger partial charge in [-0.3, -0.25) is 9.69 Å². The zero-order chi connectivity index (χ0) is 23.2. The van der Waals surface area contributed by atoms with Gasteiger partial charge in [0.2, 0.25) is 0 Å². The fraction of sp³-hybridized carbons (Fsp3) is 0.214. The second-order valence-electron chi connectivity index (χ2n) is 8.26. The number of halogens is 1. The number of piperidine rings is 1. The molecule has 4 nitrogen and oxygen atoms in total. The molecule has 166 valence electrons. The Balaban J connectivity index is 1.55. The fourth-order valence-electron chi connectivity index (χ4n) is 4.37. The number of hydrogen-bond donors (Lipinski definition) is 1. The van der Waals surface area contributed by atoms with Gasteiger partial charge in [-0.25, -0.2) is 0 Å². The Hall–Kier alpha value is -3.39. The summed E-state index contributed by atoms with van der Waals surface area (Å²) in [5, 5.41) is 19.9. The predicted molar refractivity (Wildman–Crippen MR) is 133 cm³/mol. The number of nitrogens with zero attached hydrogens (tertiary/aromatic N) is 2. The van der Waals surface area contributed by atoms with E-state index in [0.717, 1.165) is 47.2 Å². The zero-order valence-electron chi connectivity index (χ0n) is 18.2. The van der Waals surface area contributed by atoms with Gasteiger partial charge in [0.25, 0.3) is 0 Å². The lowest BCUT2D eigenvalue weighted by Crippen LogP contribution is -2.43. The predicted octanol–water partition coefficient (Wildman–Crippen LogP) is 6.49. The summed E-state index contributed by atoms with van der Waals surface area (Å²) in [5.74, 6) is -0.758.